The molecule has 2 rings (SSSR count). The number of hydrogen-bond donors (Lipinski definition) is 2. The quantitative estimate of drug-likeness (QED) is 0.781. The normalized spacial score (nSPS) is 22.1. The summed E-state index contributed by atoms with van der Waals surface area (Å²) in [5, 5.41) is 7.55. The minimum Gasteiger partial charge on any atom is -0.336 e. The van der Waals surface area contributed by atoms with Gasteiger partial charge in [0.05, 0.1) is 6.04 Å². The largest absolute Gasteiger partial charge is 0.336 e. The van der Waals surface area contributed by atoms with E-state index in [1.165, 1.54) is 4.88 Å². The van der Waals surface area contributed by atoms with Crippen LogP contribution in [-0.4, -0.2) is 12.6 Å². The monoisotopic (exact) mass is 246 g/mol. The molecule has 2 heterocycles. The van der Waals surface area contributed by atoms with Crippen LogP contribution in [0.4, 0.5) is 4.79 Å². The van der Waals surface area contributed by atoms with Gasteiger partial charge in [-0.05, 0) is 27.4 Å². The van der Waals surface area contributed by atoms with Crippen molar-refractivity contribution in [2.24, 2.45) is 0 Å². The van der Waals surface area contributed by atoms with Gasteiger partial charge in [0, 0.05) is 15.9 Å². The van der Waals surface area contributed by atoms with Crippen LogP contribution in [0, 0.1) is 0 Å². The van der Waals surface area contributed by atoms with Gasteiger partial charge in [-0.25, -0.2) is 4.79 Å². The van der Waals surface area contributed by atoms with Crippen molar-refractivity contribution in [2.75, 3.05) is 6.54 Å². The molecular weight excluding hydrogens is 240 g/mol. The highest BCUT2D eigenvalue weighted by atomic mass is 79.9. The number of nitrogens with one attached hydrogen (secondary N) is 2. The van der Waals surface area contributed by atoms with E-state index >= 15 is 0 Å². The second-order valence-corrected chi connectivity index (χ2v) is 4.34. The first-order valence-corrected chi connectivity index (χ1v) is 5.22. The van der Waals surface area contributed by atoms with Gasteiger partial charge in [-0.15, -0.1) is 11.3 Å². The predicted octanol–water partition coefficient (Wildman–Crippen LogP) is 1.86. The standard InChI is InChI=1S/C7H7BrN2OS/c8-4-1-2-12-6(4)5-3-9-7(11)10-5/h1-2,5H,3H2,(H2,9,10,11)/t5-/m1/s1. The van der Waals surface area contributed by atoms with E-state index in [0.717, 1.165) is 4.47 Å². The van der Waals surface area contributed by atoms with Gasteiger partial charge in [-0.2, -0.15) is 0 Å². The maximum absolute atomic E-state index is 10.8. The molecule has 1 aromatic heterocycles. The summed E-state index contributed by atoms with van der Waals surface area (Å²) in [5.41, 5.74) is 0. The highest BCUT2D eigenvalue weighted by Crippen LogP contribution is 2.29. The van der Waals surface area contributed by atoms with Crippen LogP contribution in [0.3, 0.4) is 0 Å². The first-order chi connectivity index (χ1) is 5.77. The Morgan fingerprint density at radius 1 is 1.67 bits per heavy atom. The van der Waals surface area contributed by atoms with Crippen molar-refractivity contribution in [2.45, 2.75) is 6.04 Å². The van der Waals surface area contributed by atoms with Crippen molar-refractivity contribution in [3.8, 4) is 0 Å². The summed E-state index contributed by atoms with van der Waals surface area (Å²) in [4.78, 5) is 12.0. The second kappa shape index (κ2) is 3.06. The Bertz CT molecular complexity index is 312. The molecular formula is C7H7BrN2OS. The lowest BCUT2D eigenvalue weighted by molar-refractivity contribution is 0.247. The number of amides is 2. The van der Waals surface area contributed by atoms with E-state index in [2.05, 4.69) is 26.6 Å². The number of rotatable bonds is 1. The second-order valence-electron chi connectivity index (χ2n) is 2.54. The van der Waals surface area contributed by atoms with Gasteiger partial charge in [0.25, 0.3) is 0 Å². The van der Waals surface area contributed by atoms with Crippen LogP contribution in [0.5, 0.6) is 0 Å². The molecule has 1 aliphatic rings. The van der Waals surface area contributed by atoms with Gasteiger partial charge in [0.1, 0.15) is 0 Å². The Labute approximate surface area is 82.3 Å². The summed E-state index contributed by atoms with van der Waals surface area (Å²) >= 11 is 5.07. The molecule has 0 spiro atoms. The van der Waals surface area contributed by atoms with Crippen LogP contribution in [0.1, 0.15) is 10.9 Å². The van der Waals surface area contributed by atoms with Crippen LogP contribution in [-0.2, 0) is 0 Å². The van der Waals surface area contributed by atoms with E-state index in [-0.39, 0.29) is 12.1 Å². The van der Waals surface area contributed by atoms with E-state index in [0.29, 0.717) is 6.54 Å². The Hall–Kier alpha value is -0.550. The highest BCUT2D eigenvalue weighted by molar-refractivity contribution is 9.10. The van der Waals surface area contributed by atoms with Crippen molar-refractivity contribution in [3.63, 3.8) is 0 Å². The van der Waals surface area contributed by atoms with Crippen LogP contribution in [0.2, 0.25) is 0 Å². The molecule has 0 unspecified atom stereocenters. The molecule has 0 radical (unpaired) electrons. The molecule has 5 heteroatoms. The Balaban J connectivity index is 2.21. The SMILES string of the molecule is O=C1NC[C@H](c2sccc2Br)N1. The molecule has 64 valence electrons. The molecule has 1 aliphatic heterocycles. The average molecular weight is 247 g/mol. The molecule has 12 heavy (non-hydrogen) atoms. The molecule has 0 bridgehead atoms. The lowest BCUT2D eigenvalue weighted by atomic mass is 10.2. The lowest BCUT2D eigenvalue weighted by Gasteiger charge is -2.05. The summed E-state index contributed by atoms with van der Waals surface area (Å²) < 4.78 is 1.07. The van der Waals surface area contributed by atoms with Crippen molar-refractivity contribution in [1.82, 2.24) is 10.6 Å². The molecule has 2 amide bonds. The third-order valence-electron chi connectivity index (χ3n) is 1.73. The van der Waals surface area contributed by atoms with Gasteiger partial charge in [-0.3, -0.25) is 0 Å². The molecule has 1 saturated heterocycles. The van der Waals surface area contributed by atoms with Crippen LogP contribution in [0.25, 0.3) is 0 Å². The van der Waals surface area contributed by atoms with Gasteiger partial charge >= 0.3 is 6.03 Å². The number of hydrogen-bond acceptors (Lipinski definition) is 2. The number of thiophene rings is 1. The van der Waals surface area contributed by atoms with Gasteiger partial charge in [0.15, 0.2) is 0 Å². The number of halogens is 1. The van der Waals surface area contributed by atoms with E-state index in [1.54, 1.807) is 11.3 Å². The topological polar surface area (TPSA) is 41.1 Å². The fraction of sp³-hybridized carbons (Fsp3) is 0.286. The summed E-state index contributed by atoms with van der Waals surface area (Å²) in [6, 6.07) is 2.04. The van der Waals surface area contributed by atoms with Gasteiger partial charge in [0.2, 0.25) is 0 Å². The van der Waals surface area contributed by atoms with Gasteiger partial charge in [-0.1, -0.05) is 0 Å². The lowest BCUT2D eigenvalue weighted by Crippen LogP contribution is -2.21. The minimum absolute atomic E-state index is 0.0831. The first kappa shape index (κ1) is 8.07. The van der Waals surface area contributed by atoms with Crippen LogP contribution < -0.4 is 10.6 Å². The van der Waals surface area contributed by atoms with E-state index in [4.69, 9.17) is 0 Å². The summed E-state index contributed by atoms with van der Waals surface area (Å²) in [7, 11) is 0. The average Bonchev–Trinajstić information content (AvgIpc) is 2.58. The summed E-state index contributed by atoms with van der Waals surface area (Å²) in [5.74, 6) is 0. The molecule has 1 fully saturated rings. The molecule has 0 saturated carbocycles. The van der Waals surface area contributed by atoms with Crippen molar-refractivity contribution in [1.29, 1.82) is 0 Å². The zero-order chi connectivity index (χ0) is 8.55. The van der Waals surface area contributed by atoms with Crippen LogP contribution >= 0.6 is 27.3 Å². The third kappa shape index (κ3) is 1.34. The maximum atomic E-state index is 10.8. The molecule has 2 N–H and O–H groups in total. The van der Waals surface area contributed by atoms with Gasteiger partial charge < -0.3 is 10.6 Å². The van der Waals surface area contributed by atoms with E-state index in [9.17, 15) is 4.79 Å². The van der Waals surface area contributed by atoms with Crippen LogP contribution in [0.15, 0.2) is 15.9 Å². The maximum Gasteiger partial charge on any atom is 0.315 e. The highest BCUT2D eigenvalue weighted by Gasteiger charge is 2.23. The minimum atomic E-state index is -0.0831. The zero-order valence-corrected chi connectivity index (χ0v) is 8.54. The first-order valence-electron chi connectivity index (χ1n) is 3.54. The molecule has 0 aromatic carbocycles. The number of carbonyl (C=O) groups excluding carboxylic acids is 1. The fourth-order valence-electron chi connectivity index (χ4n) is 1.17. The molecule has 3 nitrogen and oxygen atoms in total. The Kier molecular flexibility index (Phi) is 2.06. The molecule has 0 aliphatic carbocycles. The predicted molar refractivity (Wildman–Crippen MR) is 51.3 cm³/mol. The van der Waals surface area contributed by atoms with Crippen molar-refractivity contribution < 1.29 is 4.79 Å². The Morgan fingerprint density at radius 3 is 3.00 bits per heavy atom. The smallest absolute Gasteiger partial charge is 0.315 e. The fourth-order valence-corrected chi connectivity index (χ4v) is 2.87. The third-order valence-corrected chi connectivity index (χ3v) is 3.72. The Morgan fingerprint density at radius 2 is 2.50 bits per heavy atom. The van der Waals surface area contributed by atoms with E-state index < -0.39 is 0 Å². The number of urea groups is 1. The summed E-state index contributed by atoms with van der Waals surface area (Å²) in [6.45, 7) is 0.679. The molecule has 1 aromatic rings. The number of carbonyl (C=O) groups is 1. The van der Waals surface area contributed by atoms with E-state index in [1.807, 2.05) is 11.4 Å². The summed E-state index contributed by atoms with van der Waals surface area (Å²) in [6.07, 6.45) is 0. The molecule has 1 atom stereocenters. The van der Waals surface area contributed by atoms with Crippen molar-refractivity contribution in [3.05, 3.63) is 20.8 Å². The van der Waals surface area contributed by atoms with Crippen molar-refractivity contribution >= 4 is 33.3 Å². The zero-order valence-electron chi connectivity index (χ0n) is 6.13.